The number of aromatic amines is 1. The fourth-order valence-corrected chi connectivity index (χ4v) is 3.13. The first-order valence-corrected chi connectivity index (χ1v) is 7.65. The van der Waals surface area contributed by atoms with E-state index in [1.165, 1.54) is 0 Å². The summed E-state index contributed by atoms with van der Waals surface area (Å²) in [5.41, 5.74) is 0.732. The third-order valence-corrected chi connectivity index (χ3v) is 4.17. The van der Waals surface area contributed by atoms with E-state index >= 15 is 0 Å². The minimum Gasteiger partial charge on any atom is -0.312 e. The molecule has 21 heavy (non-hydrogen) atoms. The van der Waals surface area contributed by atoms with Crippen molar-refractivity contribution >= 4 is 10.9 Å². The molecule has 2 atom stereocenters. The van der Waals surface area contributed by atoms with Gasteiger partial charge in [-0.15, -0.1) is 0 Å². The lowest BCUT2D eigenvalue weighted by molar-refractivity contribution is 0.139. The van der Waals surface area contributed by atoms with Gasteiger partial charge in [-0.25, -0.2) is 4.98 Å². The van der Waals surface area contributed by atoms with Gasteiger partial charge >= 0.3 is 0 Å². The number of para-hydroxylation sites is 1. The Balaban J connectivity index is 1.98. The summed E-state index contributed by atoms with van der Waals surface area (Å²) in [4.78, 5) is 22.3. The number of aromatic nitrogens is 2. The van der Waals surface area contributed by atoms with E-state index in [0.29, 0.717) is 11.4 Å². The average molecular weight is 286 g/mol. The summed E-state index contributed by atoms with van der Waals surface area (Å²) >= 11 is 0. The third-order valence-electron chi connectivity index (χ3n) is 4.17. The maximum atomic E-state index is 12.2. The number of hydrogen-bond donors (Lipinski definition) is 2. The molecule has 1 saturated heterocycles. The zero-order chi connectivity index (χ0) is 14.8. The van der Waals surface area contributed by atoms with E-state index in [-0.39, 0.29) is 11.6 Å². The first-order chi connectivity index (χ1) is 10.2. The highest BCUT2D eigenvalue weighted by molar-refractivity contribution is 5.77. The molecule has 2 aromatic rings. The second-order valence-corrected chi connectivity index (χ2v) is 5.74. The van der Waals surface area contributed by atoms with Crippen LogP contribution >= 0.6 is 0 Å². The predicted molar refractivity (Wildman–Crippen MR) is 84.4 cm³/mol. The molecular weight excluding hydrogens is 264 g/mol. The Hall–Kier alpha value is -1.72. The van der Waals surface area contributed by atoms with Crippen LogP contribution < -0.4 is 10.9 Å². The molecule has 2 unspecified atom stereocenters. The van der Waals surface area contributed by atoms with Crippen LogP contribution in [0.4, 0.5) is 0 Å². The molecule has 0 saturated carbocycles. The number of H-pyrrole nitrogens is 1. The Labute approximate surface area is 124 Å². The first kappa shape index (κ1) is 14.2. The smallest absolute Gasteiger partial charge is 0.258 e. The molecule has 0 amide bonds. The van der Waals surface area contributed by atoms with Crippen LogP contribution in [-0.4, -0.2) is 40.5 Å². The van der Waals surface area contributed by atoms with Crippen LogP contribution in [0.25, 0.3) is 10.9 Å². The fourth-order valence-electron chi connectivity index (χ4n) is 3.13. The highest BCUT2D eigenvalue weighted by Crippen LogP contribution is 2.22. The van der Waals surface area contributed by atoms with Gasteiger partial charge in [0.15, 0.2) is 0 Å². The number of nitrogens with zero attached hydrogens (tertiary/aromatic N) is 2. The minimum atomic E-state index is -0.0442. The normalized spacial score (nSPS) is 21.5. The Morgan fingerprint density at radius 3 is 3.00 bits per heavy atom. The van der Waals surface area contributed by atoms with Crippen molar-refractivity contribution in [2.45, 2.75) is 32.4 Å². The Bertz CT molecular complexity index is 681. The molecular formula is C16H22N4O. The number of hydrogen-bond acceptors (Lipinski definition) is 4. The van der Waals surface area contributed by atoms with Gasteiger partial charge in [-0.3, -0.25) is 9.69 Å². The fraction of sp³-hybridized carbons (Fsp3) is 0.500. The number of piperazine rings is 1. The van der Waals surface area contributed by atoms with Crippen molar-refractivity contribution in [2.75, 3.05) is 19.6 Å². The highest BCUT2D eigenvalue weighted by Gasteiger charge is 2.25. The average Bonchev–Trinajstić information content (AvgIpc) is 2.48. The molecule has 0 radical (unpaired) electrons. The summed E-state index contributed by atoms with van der Waals surface area (Å²) in [6.45, 7) is 7.28. The lowest BCUT2D eigenvalue weighted by atomic mass is 10.1. The van der Waals surface area contributed by atoms with Crippen LogP contribution in [0.2, 0.25) is 0 Å². The molecule has 1 aliphatic heterocycles. The highest BCUT2D eigenvalue weighted by atomic mass is 16.1. The van der Waals surface area contributed by atoms with Crippen LogP contribution in [0, 0.1) is 0 Å². The molecule has 3 rings (SSSR count). The molecule has 5 nitrogen and oxygen atoms in total. The van der Waals surface area contributed by atoms with E-state index in [1.54, 1.807) is 0 Å². The predicted octanol–water partition coefficient (Wildman–Crippen LogP) is 1.67. The van der Waals surface area contributed by atoms with Crippen molar-refractivity contribution in [3.05, 3.63) is 40.4 Å². The van der Waals surface area contributed by atoms with E-state index in [2.05, 4.69) is 34.0 Å². The van der Waals surface area contributed by atoms with Gasteiger partial charge in [0.1, 0.15) is 5.82 Å². The van der Waals surface area contributed by atoms with Gasteiger partial charge in [0.05, 0.1) is 16.9 Å². The van der Waals surface area contributed by atoms with E-state index in [1.807, 2.05) is 24.3 Å². The third kappa shape index (κ3) is 2.84. The van der Waals surface area contributed by atoms with Crippen molar-refractivity contribution in [1.82, 2.24) is 20.2 Å². The maximum Gasteiger partial charge on any atom is 0.258 e. The van der Waals surface area contributed by atoms with Gasteiger partial charge in [-0.2, -0.15) is 0 Å². The summed E-state index contributed by atoms with van der Waals surface area (Å²) in [5.74, 6) is 0.787. The van der Waals surface area contributed by atoms with Crippen molar-refractivity contribution in [3.8, 4) is 0 Å². The van der Waals surface area contributed by atoms with Gasteiger partial charge in [0.25, 0.3) is 5.56 Å². The summed E-state index contributed by atoms with van der Waals surface area (Å²) in [6, 6.07) is 8.16. The first-order valence-electron chi connectivity index (χ1n) is 7.65. The van der Waals surface area contributed by atoms with Gasteiger partial charge in [-0.05, 0) is 25.5 Å². The van der Waals surface area contributed by atoms with Crippen molar-refractivity contribution in [2.24, 2.45) is 0 Å². The molecule has 1 aromatic heterocycles. The standard InChI is InChI=1S/C16H22N4O/c1-3-14(20-9-8-17-11(2)10-20)15-18-13-7-5-4-6-12(13)16(21)19-15/h4-7,11,14,17H,3,8-10H2,1-2H3,(H,18,19,21). The number of benzene rings is 1. The zero-order valence-electron chi connectivity index (χ0n) is 12.6. The Morgan fingerprint density at radius 1 is 1.43 bits per heavy atom. The monoisotopic (exact) mass is 286 g/mol. The molecule has 2 N–H and O–H groups in total. The molecule has 2 heterocycles. The molecule has 0 bridgehead atoms. The van der Waals surface area contributed by atoms with E-state index < -0.39 is 0 Å². The van der Waals surface area contributed by atoms with E-state index in [4.69, 9.17) is 0 Å². The topological polar surface area (TPSA) is 61.0 Å². The summed E-state index contributed by atoms with van der Waals surface area (Å²) < 4.78 is 0. The lowest BCUT2D eigenvalue weighted by Gasteiger charge is -2.36. The summed E-state index contributed by atoms with van der Waals surface area (Å²) in [7, 11) is 0. The second-order valence-electron chi connectivity index (χ2n) is 5.74. The minimum absolute atomic E-state index is 0.0442. The van der Waals surface area contributed by atoms with Crippen molar-refractivity contribution in [3.63, 3.8) is 0 Å². The SMILES string of the molecule is CCC(c1nc2ccccc2c(=O)[nH]1)N1CCNC(C)C1. The Morgan fingerprint density at radius 2 is 2.24 bits per heavy atom. The Kier molecular flexibility index (Phi) is 4.03. The van der Waals surface area contributed by atoms with E-state index in [9.17, 15) is 4.79 Å². The quantitative estimate of drug-likeness (QED) is 0.901. The van der Waals surface area contributed by atoms with Crippen LogP contribution in [0.3, 0.4) is 0 Å². The van der Waals surface area contributed by atoms with Crippen molar-refractivity contribution < 1.29 is 0 Å². The number of nitrogens with one attached hydrogen (secondary N) is 2. The van der Waals surface area contributed by atoms with Crippen LogP contribution in [0.5, 0.6) is 0 Å². The molecule has 1 fully saturated rings. The second kappa shape index (κ2) is 5.95. The van der Waals surface area contributed by atoms with Crippen LogP contribution in [0.1, 0.15) is 32.1 Å². The largest absolute Gasteiger partial charge is 0.312 e. The number of fused-ring (bicyclic) bond motifs is 1. The molecule has 112 valence electrons. The van der Waals surface area contributed by atoms with Crippen LogP contribution in [0.15, 0.2) is 29.1 Å². The molecule has 1 aromatic carbocycles. The maximum absolute atomic E-state index is 12.2. The lowest BCUT2D eigenvalue weighted by Crippen LogP contribution is -2.50. The summed E-state index contributed by atoms with van der Waals surface area (Å²) in [5, 5.41) is 4.11. The van der Waals surface area contributed by atoms with Crippen molar-refractivity contribution in [1.29, 1.82) is 0 Å². The van der Waals surface area contributed by atoms with Gasteiger partial charge < -0.3 is 10.3 Å². The summed E-state index contributed by atoms with van der Waals surface area (Å²) in [6.07, 6.45) is 0.938. The zero-order valence-corrected chi connectivity index (χ0v) is 12.6. The van der Waals surface area contributed by atoms with Gasteiger partial charge in [0.2, 0.25) is 0 Å². The van der Waals surface area contributed by atoms with Gasteiger partial charge in [0, 0.05) is 25.7 Å². The molecule has 0 spiro atoms. The molecule has 5 heteroatoms. The molecule has 1 aliphatic rings. The van der Waals surface area contributed by atoms with Gasteiger partial charge in [-0.1, -0.05) is 19.1 Å². The molecule has 0 aliphatic carbocycles. The van der Waals surface area contributed by atoms with Crippen LogP contribution in [-0.2, 0) is 0 Å². The number of rotatable bonds is 3. The van der Waals surface area contributed by atoms with E-state index in [0.717, 1.165) is 37.4 Å².